The summed E-state index contributed by atoms with van der Waals surface area (Å²) in [6.45, 7) is 2.80. The van der Waals surface area contributed by atoms with E-state index in [1.807, 2.05) is 43.3 Å². The van der Waals surface area contributed by atoms with Gasteiger partial charge in [0, 0.05) is 18.6 Å². The number of para-hydroxylation sites is 1. The van der Waals surface area contributed by atoms with Crippen LogP contribution in [-0.4, -0.2) is 33.0 Å². The first-order valence-corrected chi connectivity index (χ1v) is 9.40. The van der Waals surface area contributed by atoms with Gasteiger partial charge in [-0.15, -0.1) is 0 Å². The van der Waals surface area contributed by atoms with Crippen LogP contribution in [0.15, 0.2) is 52.5 Å². The van der Waals surface area contributed by atoms with Crippen LogP contribution in [0.4, 0.5) is 0 Å². The molecule has 1 aliphatic heterocycles. The zero-order valence-electron chi connectivity index (χ0n) is 14.0. The Hall–Kier alpha value is -2.18. The molecule has 0 aliphatic carbocycles. The van der Waals surface area contributed by atoms with Crippen LogP contribution in [0.5, 0.6) is 0 Å². The lowest BCUT2D eigenvalue weighted by Gasteiger charge is -2.14. The van der Waals surface area contributed by atoms with Gasteiger partial charge in [0.25, 0.3) is 5.56 Å². The summed E-state index contributed by atoms with van der Waals surface area (Å²) in [5, 5.41) is 1.27. The number of aryl methyl sites for hydroxylation is 1. The van der Waals surface area contributed by atoms with Crippen LogP contribution in [0.3, 0.4) is 0 Å². The Labute approximate surface area is 150 Å². The lowest BCUT2D eigenvalue weighted by atomic mass is 10.2. The molecule has 0 unspecified atom stereocenters. The molecule has 1 fully saturated rings. The minimum Gasteiger partial charge on any atom is -0.377 e. The first kappa shape index (κ1) is 16.3. The van der Waals surface area contributed by atoms with Gasteiger partial charge in [-0.1, -0.05) is 30.0 Å². The topological polar surface area (TPSA) is 57.0 Å². The number of ether oxygens (including phenoxy) is 1. The predicted octanol–water partition coefficient (Wildman–Crippen LogP) is 3.36. The van der Waals surface area contributed by atoms with Crippen molar-refractivity contribution in [2.75, 3.05) is 12.4 Å². The average Bonchev–Trinajstić information content (AvgIpc) is 3.15. The largest absolute Gasteiger partial charge is 0.377 e. The molecule has 5 nitrogen and oxygen atoms in total. The van der Waals surface area contributed by atoms with Crippen LogP contribution < -0.4 is 5.56 Å². The summed E-state index contributed by atoms with van der Waals surface area (Å²) in [7, 11) is 0. The third-order valence-electron chi connectivity index (χ3n) is 4.29. The minimum atomic E-state index is -0.0863. The quantitative estimate of drug-likeness (QED) is 0.532. The fourth-order valence-electron chi connectivity index (χ4n) is 2.95. The Morgan fingerprint density at radius 3 is 2.92 bits per heavy atom. The van der Waals surface area contributed by atoms with Gasteiger partial charge in [-0.05, 0) is 43.5 Å². The summed E-state index contributed by atoms with van der Waals surface area (Å²) in [4.78, 5) is 22.2. The van der Waals surface area contributed by atoms with E-state index >= 15 is 0 Å². The minimum absolute atomic E-state index is 0.0863. The van der Waals surface area contributed by atoms with Gasteiger partial charge in [-0.2, -0.15) is 0 Å². The number of hydrogen-bond donors (Lipinski definition) is 0. The van der Waals surface area contributed by atoms with E-state index in [9.17, 15) is 4.79 Å². The number of benzene rings is 1. The van der Waals surface area contributed by atoms with Crippen LogP contribution in [0.25, 0.3) is 16.7 Å². The van der Waals surface area contributed by atoms with Gasteiger partial charge in [0.1, 0.15) is 5.82 Å². The van der Waals surface area contributed by atoms with E-state index in [0.29, 0.717) is 21.9 Å². The van der Waals surface area contributed by atoms with E-state index in [1.54, 1.807) is 22.5 Å². The van der Waals surface area contributed by atoms with Gasteiger partial charge in [0.15, 0.2) is 5.16 Å². The van der Waals surface area contributed by atoms with E-state index in [0.717, 1.165) is 30.8 Å². The number of fused-ring (bicyclic) bond motifs is 1. The fraction of sp³-hybridized carbons (Fsp3) is 0.316. The zero-order chi connectivity index (χ0) is 17.2. The third-order valence-corrected chi connectivity index (χ3v) is 5.36. The van der Waals surface area contributed by atoms with Crippen molar-refractivity contribution in [2.45, 2.75) is 31.0 Å². The highest BCUT2D eigenvalue weighted by Gasteiger charge is 2.19. The Bertz CT molecular complexity index is 947. The molecule has 1 atom stereocenters. The highest BCUT2D eigenvalue weighted by atomic mass is 32.2. The maximum absolute atomic E-state index is 13.1. The summed E-state index contributed by atoms with van der Waals surface area (Å²) in [6.07, 6.45) is 4.16. The predicted molar refractivity (Wildman–Crippen MR) is 99.6 cm³/mol. The zero-order valence-corrected chi connectivity index (χ0v) is 14.8. The van der Waals surface area contributed by atoms with E-state index in [4.69, 9.17) is 9.72 Å². The van der Waals surface area contributed by atoms with Gasteiger partial charge >= 0.3 is 0 Å². The fourth-order valence-corrected chi connectivity index (χ4v) is 4.01. The van der Waals surface area contributed by atoms with Crippen molar-refractivity contribution >= 4 is 22.7 Å². The standard InChI is InChI=1S/C19H19N3O2S/c1-13-8-9-17(20-11-13)22-18(23)15-6-2-3-7-16(15)21-19(22)25-12-14-5-4-10-24-14/h2-3,6-9,11,14H,4-5,10,12H2,1H3/t14-/m1/s1. The molecule has 0 saturated carbocycles. The van der Waals surface area contributed by atoms with Crippen molar-refractivity contribution in [1.29, 1.82) is 0 Å². The Morgan fingerprint density at radius 1 is 1.28 bits per heavy atom. The van der Waals surface area contributed by atoms with Crippen LogP contribution in [0.2, 0.25) is 0 Å². The molecule has 0 N–H and O–H groups in total. The summed E-state index contributed by atoms with van der Waals surface area (Å²) in [5.41, 5.74) is 1.68. The smallest absolute Gasteiger partial charge is 0.267 e. The van der Waals surface area contributed by atoms with Gasteiger partial charge < -0.3 is 4.74 Å². The summed E-state index contributed by atoms with van der Waals surface area (Å²) >= 11 is 1.56. The van der Waals surface area contributed by atoms with E-state index < -0.39 is 0 Å². The van der Waals surface area contributed by atoms with Crippen molar-refractivity contribution < 1.29 is 4.74 Å². The lowest BCUT2D eigenvalue weighted by Crippen LogP contribution is -2.23. The second-order valence-corrected chi connectivity index (χ2v) is 7.18. The molecule has 2 aromatic heterocycles. The molecule has 0 radical (unpaired) electrons. The Morgan fingerprint density at radius 2 is 2.16 bits per heavy atom. The summed E-state index contributed by atoms with van der Waals surface area (Å²) in [6, 6.07) is 11.3. The molecular formula is C19H19N3O2S. The molecule has 3 heterocycles. The van der Waals surface area contributed by atoms with E-state index in [-0.39, 0.29) is 11.7 Å². The molecule has 4 rings (SSSR count). The monoisotopic (exact) mass is 353 g/mol. The number of nitrogens with zero attached hydrogens (tertiary/aromatic N) is 3. The van der Waals surface area contributed by atoms with Crippen LogP contribution >= 0.6 is 11.8 Å². The van der Waals surface area contributed by atoms with Crippen molar-refractivity contribution in [3.63, 3.8) is 0 Å². The van der Waals surface area contributed by atoms with E-state index in [1.165, 1.54) is 0 Å². The van der Waals surface area contributed by atoms with Gasteiger partial charge in [0.2, 0.25) is 0 Å². The number of hydrogen-bond acceptors (Lipinski definition) is 5. The SMILES string of the molecule is Cc1ccc(-n2c(SC[C@H]3CCCO3)nc3ccccc3c2=O)nc1. The highest BCUT2D eigenvalue weighted by molar-refractivity contribution is 7.99. The van der Waals surface area contributed by atoms with Crippen molar-refractivity contribution in [1.82, 2.24) is 14.5 Å². The van der Waals surface area contributed by atoms with Crippen LogP contribution in [-0.2, 0) is 4.74 Å². The Balaban J connectivity index is 1.81. The van der Waals surface area contributed by atoms with Gasteiger partial charge in [-0.25, -0.2) is 14.5 Å². The number of thioether (sulfide) groups is 1. The first-order valence-electron chi connectivity index (χ1n) is 8.41. The molecule has 6 heteroatoms. The second kappa shape index (κ2) is 6.98. The van der Waals surface area contributed by atoms with E-state index in [2.05, 4.69) is 4.98 Å². The first-order chi connectivity index (χ1) is 12.2. The molecule has 0 amide bonds. The molecule has 3 aromatic rings. The van der Waals surface area contributed by atoms with Crippen molar-refractivity contribution in [3.05, 3.63) is 58.5 Å². The molecular weight excluding hydrogens is 334 g/mol. The average molecular weight is 353 g/mol. The molecule has 128 valence electrons. The highest BCUT2D eigenvalue weighted by Crippen LogP contribution is 2.24. The molecule has 1 saturated heterocycles. The molecule has 1 aliphatic rings. The molecule has 0 bridgehead atoms. The van der Waals surface area contributed by atoms with Crippen LogP contribution in [0.1, 0.15) is 18.4 Å². The Kier molecular flexibility index (Phi) is 4.55. The third kappa shape index (κ3) is 3.32. The lowest BCUT2D eigenvalue weighted by molar-refractivity contribution is 0.129. The number of aromatic nitrogens is 3. The molecule has 25 heavy (non-hydrogen) atoms. The second-order valence-electron chi connectivity index (χ2n) is 6.19. The van der Waals surface area contributed by atoms with Gasteiger partial charge in [0.05, 0.1) is 17.0 Å². The number of rotatable bonds is 4. The maximum atomic E-state index is 13.1. The molecule has 1 aromatic carbocycles. The molecule has 0 spiro atoms. The number of pyridine rings is 1. The van der Waals surface area contributed by atoms with Crippen LogP contribution in [0, 0.1) is 6.92 Å². The van der Waals surface area contributed by atoms with Gasteiger partial charge in [-0.3, -0.25) is 4.79 Å². The summed E-state index contributed by atoms with van der Waals surface area (Å²) < 4.78 is 7.31. The summed E-state index contributed by atoms with van der Waals surface area (Å²) in [5.74, 6) is 1.39. The maximum Gasteiger partial charge on any atom is 0.267 e. The van der Waals surface area contributed by atoms with Crippen molar-refractivity contribution in [2.24, 2.45) is 0 Å². The van der Waals surface area contributed by atoms with Crippen molar-refractivity contribution in [3.8, 4) is 5.82 Å². The normalized spacial score (nSPS) is 17.2.